The number of anilines is 1. The molecule has 0 bridgehead atoms. The van der Waals surface area contributed by atoms with E-state index in [1.165, 1.54) is 4.90 Å². The molecule has 0 spiro atoms. The normalized spacial score (nSPS) is 10.9. The summed E-state index contributed by atoms with van der Waals surface area (Å²) in [5.74, 6) is 0. The molecular weight excluding hydrogens is 345 g/mol. The van der Waals surface area contributed by atoms with Crippen molar-refractivity contribution in [3.05, 3.63) is 27.3 Å². The highest BCUT2D eigenvalue weighted by Crippen LogP contribution is 2.24. The Labute approximate surface area is 120 Å². The predicted molar refractivity (Wildman–Crippen MR) is 79.2 cm³/mol. The lowest BCUT2D eigenvalue weighted by Crippen LogP contribution is -2.34. The van der Waals surface area contributed by atoms with Gasteiger partial charge in [-0.25, -0.2) is 4.79 Å². The number of benzene rings is 1. The number of carbonyl (C=O) groups is 2. The molecule has 18 heavy (non-hydrogen) atoms. The monoisotopic (exact) mass is 361 g/mol. The zero-order valence-corrected chi connectivity index (χ0v) is 13.0. The average Bonchev–Trinajstić information content (AvgIpc) is 2.25. The molecule has 4 nitrogen and oxygen atoms in total. The Hall–Kier alpha value is -1.11. The van der Waals surface area contributed by atoms with Gasteiger partial charge in [-0.2, -0.15) is 0 Å². The van der Waals surface area contributed by atoms with E-state index >= 15 is 0 Å². The first-order valence-corrected chi connectivity index (χ1v) is 6.54. The van der Waals surface area contributed by atoms with Crippen molar-refractivity contribution in [3.63, 3.8) is 0 Å². The summed E-state index contributed by atoms with van der Waals surface area (Å²) in [4.78, 5) is 24.0. The highest BCUT2D eigenvalue weighted by atomic mass is 127. The van der Waals surface area contributed by atoms with Crippen molar-refractivity contribution >= 4 is 40.7 Å². The summed E-state index contributed by atoms with van der Waals surface area (Å²) in [5.41, 5.74) is 0.774. The van der Waals surface area contributed by atoms with Crippen LogP contribution in [0.15, 0.2) is 18.2 Å². The number of hydrogen-bond acceptors (Lipinski definition) is 3. The fourth-order valence-electron chi connectivity index (χ4n) is 1.30. The largest absolute Gasteiger partial charge is 0.443 e. The van der Waals surface area contributed by atoms with Gasteiger partial charge in [0.05, 0.1) is 5.69 Å². The number of hydrogen-bond donors (Lipinski definition) is 0. The zero-order chi connectivity index (χ0) is 13.9. The Kier molecular flexibility index (Phi) is 4.72. The Morgan fingerprint density at radius 3 is 2.44 bits per heavy atom. The van der Waals surface area contributed by atoms with Crippen LogP contribution in [0.4, 0.5) is 10.5 Å². The fourth-order valence-corrected chi connectivity index (χ4v) is 2.20. The third-order valence-corrected chi connectivity index (χ3v) is 3.00. The van der Waals surface area contributed by atoms with Crippen LogP contribution in [0.1, 0.15) is 31.1 Å². The lowest BCUT2D eigenvalue weighted by molar-refractivity contribution is 0.0589. The number of ether oxygens (including phenoxy) is 1. The van der Waals surface area contributed by atoms with Crippen LogP contribution in [0.2, 0.25) is 0 Å². The summed E-state index contributed by atoms with van der Waals surface area (Å²) in [6.45, 7) is 5.46. The number of halogens is 1. The fraction of sp³-hybridized carbons (Fsp3) is 0.385. The topological polar surface area (TPSA) is 46.6 Å². The van der Waals surface area contributed by atoms with Crippen molar-refractivity contribution < 1.29 is 14.3 Å². The first-order chi connectivity index (χ1) is 8.24. The molecule has 0 saturated carbocycles. The van der Waals surface area contributed by atoms with Crippen LogP contribution in [0.25, 0.3) is 0 Å². The number of rotatable bonds is 2. The summed E-state index contributed by atoms with van der Waals surface area (Å²) in [7, 11) is 1.64. The average molecular weight is 361 g/mol. The number of amides is 1. The molecule has 1 amide bonds. The van der Waals surface area contributed by atoms with Crippen LogP contribution in [-0.2, 0) is 4.74 Å². The van der Waals surface area contributed by atoms with Gasteiger partial charge in [0.15, 0.2) is 0 Å². The van der Waals surface area contributed by atoms with E-state index in [4.69, 9.17) is 4.74 Å². The standard InChI is InChI=1S/C13H16INO3/c1-13(2,3)18-12(17)15(4)11-6-5-9(8-16)7-10(11)14/h5-8H,1-4H3. The molecule has 1 rings (SSSR count). The molecule has 0 N–H and O–H groups in total. The van der Waals surface area contributed by atoms with Crippen molar-refractivity contribution in [1.82, 2.24) is 0 Å². The molecule has 0 aliphatic carbocycles. The Morgan fingerprint density at radius 2 is 2.00 bits per heavy atom. The molecule has 0 unspecified atom stereocenters. The second-order valence-electron chi connectivity index (χ2n) is 4.87. The lowest BCUT2D eigenvalue weighted by atomic mass is 10.2. The molecule has 0 fully saturated rings. The summed E-state index contributed by atoms with van der Waals surface area (Å²) in [6, 6.07) is 5.13. The van der Waals surface area contributed by atoms with Gasteiger partial charge in [-0.05, 0) is 61.6 Å². The molecule has 0 saturated heterocycles. The summed E-state index contributed by atoms with van der Waals surface area (Å²) in [5, 5.41) is 0. The van der Waals surface area contributed by atoms with E-state index in [0.717, 1.165) is 15.5 Å². The molecule has 1 aromatic rings. The van der Waals surface area contributed by atoms with Gasteiger partial charge >= 0.3 is 6.09 Å². The molecule has 0 atom stereocenters. The maximum atomic E-state index is 11.9. The maximum absolute atomic E-state index is 11.9. The molecular formula is C13H16INO3. The van der Waals surface area contributed by atoms with Crippen molar-refractivity contribution in [1.29, 1.82) is 0 Å². The smallest absolute Gasteiger partial charge is 0.414 e. The van der Waals surface area contributed by atoms with Gasteiger partial charge in [0, 0.05) is 16.2 Å². The first kappa shape index (κ1) is 14.9. The van der Waals surface area contributed by atoms with Crippen LogP contribution in [0, 0.1) is 3.57 Å². The van der Waals surface area contributed by atoms with E-state index in [9.17, 15) is 9.59 Å². The van der Waals surface area contributed by atoms with E-state index < -0.39 is 11.7 Å². The minimum absolute atomic E-state index is 0.417. The second kappa shape index (κ2) is 5.69. The maximum Gasteiger partial charge on any atom is 0.414 e. The van der Waals surface area contributed by atoms with Crippen LogP contribution in [0.3, 0.4) is 0 Å². The predicted octanol–water partition coefficient (Wildman–Crippen LogP) is 3.48. The minimum atomic E-state index is -0.528. The molecule has 0 heterocycles. The molecule has 0 aromatic heterocycles. The van der Waals surface area contributed by atoms with Crippen LogP contribution in [-0.4, -0.2) is 25.0 Å². The Balaban J connectivity index is 2.93. The number of nitrogens with zero attached hydrogens (tertiary/aromatic N) is 1. The van der Waals surface area contributed by atoms with Gasteiger partial charge in [0.2, 0.25) is 0 Å². The van der Waals surface area contributed by atoms with Crippen LogP contribution in [0.5, 0.6) is 0 Å². The van der Waals surface area contributed by atoms with Gasteiger partial charge in [-0.1, -0.05) is 0 Å². The number of carbonyl (C=O) groups excluding carboxylic acids is 2. The molecule has 0 aliphatic rings. The molecule has 0 radical (unpaired) electrons. The molecule has 98 valence electrons. The van der Waals surface area contributed by atoms with Gasteiger partial charge in [0.1, 0.15) is 11.9 Å². The molecule has 5 heteroatoms. The second-order valence-corrected chi connectivity index (χ2v) is 6.03. The number of aldehydes is 1. The Morgan fingerprint density at radius 1 is 1.39 bits per heavy atom. The van der Waals surface area contributed by atoms with E-state index in [0.29, 0.717) is 5.56 Å². The first-order valence-electron chi connectivity index (χ1n) is 5.46. The minimum Gasteiger partial charge on any atom is -0.443 e. The highest BCUT2D eigenvalue weighted by Gasteiger charge is 2.21. The van der Waals surface area contributed by atoms with E-state index in [1.54, 1.807) is 25.2 Å². The van der Waals surface area contributed by atoms with E-state index in [-0.39, 0.29) is 0 Å². The van der Waals surface area contributed by atoms with Crippen molar-refractivity contribution in [3.8, 4) is 0 Å². The molecule has 0 aliphatic heterocycles. The third-order valence-electron chi connectivity index (χ3n) is 2.14. The SMILES string of the molecule is CN(C(=O)OC(C)(C)C)c1ccc(C=O)cc1I. The summed E-state index contributed by atoms with van der Waals surface area (Å²) >= 11 is 2.09. The highest BCUT2D eigenvalue weighted by molar-refractivity contribution is 14.1. The summed E-state index contributed by atoms with van der Waals surface area (Å²) < 4.78 is 6.10. The van der Waals surface area contributed by atoms with Crippen LogP contribution < -0.4 is 4.90 Å². The summed E-state index contributed by atoms with van der Waals surface area (Å²) in [6.07, 6.45) is 0.360. The van der Waals surface area contributed by atoms with Crippen molar-refractivity contribution in [2.24, 2.45) is 0 Å². The van der Waals surface area contributed by atoms with Crippen molar-refractivity contribution in [2.75, 3.05) is 11.9 Å². The van der Waals surface area contributed by atoms with E-state index in [1.807, 2.05) is 20.8 Å². The van der Waals surface area contributed by atoms with Crippen LogP contribution >= 0.6 is 22.6 Å². The van der Waals surface area contributed by atoms with Gasteiger partial charge in [0.25, 0.3) is 0 Å². The third kappa shape index (κ3) is 3.97. The van der Waals surface area contributed by atoms with Gasteiger partial charge < -0.3 is 4.74 Å². The Bertz CT molecular complexity index is 466. The van der Waals surface area contributed by atoms with Gasteiger partial charge in [-0.3, -0.25) is 9.69 Å². The molecule has 1 aromatic carbocycles. The zero-order valence-electron chi connectivity index (χ0n) is 10.9. The quantitative estimate of drug-likeness (QED) is 0.599. The van der Waals surface area contributed by atoms with E-state index in [2.05, 4.69) is 22.6 Å². The van der Waals surface area contributed by atoms with Gasteiger partial charge in [-0.15, -0.1) is 0 Å². The lowest BCUT2D eigenvalue weighted by Gasteiger charge is -2.25. The van der Waals surface area contributed by atoms with Crippen molar-refractivity contribution in [2.45, 2.75) is 26.4 Å².